The lowest BCUT2D eigenvalue weighted by Gasteiger charge is -2.10. The highest BCUT2D eigenvalue weighted by molar-refractivity contribution is 5.94. The fourth-order valence-electron chi connectivity index (χ4n) is 1.99. The third-order valence-electron chi connectivity index (χ3n) is 2.99. The fraction of sp³-hybridized carbons (Fsp3) is 0.188. The smallest absolute Gasteiger partial charge is 0.344 e. The number of aryl methyl sites for hydroxylation is 2. The van der Waals surface area contributed by atoms with Crippen molar-refractivity contribution in [2.24, 2.45) is 0 Å². The molecule has 0 aliphatic rings. The van der Waals surface area contributed by atoms with Crippen molar-refractivity contribution in [2.45, 2.75) is 20.3 Å². The number of esters is 1. The number of hydrogen-bond acceptors (Lipinski definition) is 3. The number of benzene rings is 2. The molecule has 2 aromatic carbocycles. The first kappa shape index (κ1) is 13.1. The molecule has 0 saturated carbocycles. The lowest BCUT2D eigenvalue weighted by atomic mass is 10.0. The fourth-order valence-corrected chi connectivity index (χ4v) is 1.99. The van der Waals surface area contributed by atoms with Gasteiger partial charge in [-0.25, -0.2) is 4.79 Å². The third kappa shape index (κ3) is 2.94. The van der Waals surface area contributed by atoms with E-state index in [1.54, 1.807) is 12.1 Å². The highest BCUT2D eigenvalue weighted by atomic mass is 16.5. The van der Waals surface area contributed by atoms with E-state index in [-0.39, 0.29) is 11.7 Å². The van der Waals surface area contributed by atoms with Crippen LogP contribution >= 0.6 is 0 Å². The summed E-state index contributed by atoms with van der Waals surface area (Å²) in [4.78, 5) is 12.2. The molecule has 0 heterocycles. The average molecular weight is 256 g/mol. The number of aromatic hydroxyl groups is 1. The Morgan fingerprint density at radius 1 is 1.16 bits per heavy atom. The predicted octanol–water partition coefficient (Wildman–Crippen LogP) is 3.48. The number of phenolic OH excluding ortho intramolecular Hbond substituents is 1. The minimum absolute atomic E-state index is 0.143. The van der Waals surface area contributed by atoms with E-state index < -0.39 is 0 Å². The molecule has 1 N–H and O–H groups in total. The molecule has 2 rings (SSSR count). The van der Waals surface area contributed by atoms with Crippen LogP contribution in [0.2, 0.25) is 0 Å². The minimum Gasteiger partial charge on any atom is -0.508 e. The number of carbonyl (C=O) groups excluding carboxylic acids is 1. The van der Waals surface area contributed by atoms with Gasteiger partial charge in [-0.1, -0.05) is 25.1 Å². The van der Waals surface area contributed by atoms with Gasteiger partial charge in [0, 0.05) is 0 Å². The Bertz CT molecular complexity index is 585. The van der Waals surface area contributed by atoms with Gasteiger partial charge in [0.05, 0.1) is 5.56 Å². The van der Waals surface area contributed by atoms with Gasteiger partial charge in [-0.15, -0.1) is 0 Å². The Balaban J connectivity index is 2.27. The number of hydrogen-bond donors (Lipinski definition) is 1. The van der Waals surface area contributed by atoms with Gasteiger partial charge >= 0.3 is 5.97 Å². The highest BCUT2D eigenvalue weighted by Gasteiger charge is 2.15. The Morgan fingerprint density at radius 3 is 2.47 bits per heavy atom. The second-order valence-corrected chi connectivity index (χ2v) is 4.35. The summed E-state index contributed by atoms with van der Waals surface area (Å²) in [5.41, 5.74) is 2.50. The van der Waals surface area contributed by atoms with Crippen molar-refractivity contribution < 1.29 is 14.6 Å². The first-order valence-electron chi connectivity index (χ1n) is 6.21. The molecule has 0 unspecified atom stereocenters. The molecule has 0 aromatic heterocycles. The summed E-state index contributed by atoms with van der Waals surface area (Å²) in [5, 5.41) is 9.19. The Hall–Kier alpha value is -2.29. The molecule has 0 saturated heterocycles. The molecule has 3 heteroatoms. The summed E-state index contributed by atoms with van der Waals surface area (Å²) in [6.45, 7) is 3.90. The first-order chi connectivity index (χ1) is 9.11. The second kappa shape index (κ2) is 5.57. The van der Waals surface area contributed by atoms with E-state index in [0.29, 0.717) is 11.3 Å². The van der Waals surface area contributed by atoms with Crippen LogP contribution in [0.3, 0.4) is 0 Å². The zero-order chi connectivity index (χ0) is 13.8. The topological polar surface area (TPSA) is 46.5 Å². The molecule has 2 aromatic rings. The molecule has 98 valence electrons. The van der Waals surface area contributed by atoms with E-state index in [9.17, 15) is 9.90 Å². The maximum Gasteiger partial charge on any atom is 0.344 e. The van der Waals surface area contributed by atoms with Crippen molar-refractivity contribution in [3.8, 4) is 11.5 Å². The zero-order valence-electron chi connectivity index (χ0n) is 11.0. The predicted molar refractivity (Wildman–Crippen MR) is 73.6 cm³/mol. The molecule has 0 atom stereocenters. The molecule has 19 heavy (non-hydrogen) atoms. The quantitative estimate of drug-likeness (QED) is 0.675. The van der Waals surface area contributed by atoms with E-state index in [2.05, 4.69) is 0 Å². The van der Waals surface area contributed by atoms with Gasteiger partial charge in [0.2, 0.25) is 0 Å². The van der Waals surface area contributed by atoms with Crippen LogP contribution in [0, 0.1) is 6.92 Å². The third-order valence-corrected chi connectivity index (χ3v) is 2.99. The van der Waals surface area contributed by atoms with Gasteiger partial charge in [0.15, 0.2) is 0 Å². The number of phenols is 1. The van der Waals surface area contributed by atoms with Crippen LogP contribution in [0.4, 0.5) is 0 Å². The van der Waals surface area contributed by atoms with Crippen molar-refractivity contribution in [1.29, 1.82) is 0 Å². The Labute approximate surface area is 112 Å². The Morgan fingerprint density at radius 2 is 1.84 bits per heavy atom. The first-order valence-corrected chi connectivity index (χ1v) is 6.21. The van der Waals surface area contributed by atoms with Gasteiger partial charge < -0.3 is 9.84 Å². The highest BCUT2D eigenvalue weighted by Crippen LogP contribution is 2.20. The van der Waals surface area contributed by atoms with E-state index in [1.807, 2.05) is 32.0 Å². The molecular formula is C16H16O3. The van der Waals surface area contributed by atoms with Crippen molar-refractivity contribution in [2.75, 3.05) is 0 Å². The summed E-state index contributed by atoms with van der Waals surface area (Å²) in [5.74, 6) is 0.207. The standard InChI is InChI=1S/C16H16O3/c1-3-12-6-4-5-11(2)15(12)16(18)19-14-9-7-13(17)8-10-14/h4-10,17H,3H2,1-2H3. The minimum atomic E-state index is -0.361. The number of carbonyl (C=O) groups is 1. The van der Waals surface area contributed by atoms with Crippen LogP contribution in [-0.2, 0) is 6.42 Å². The summed E-state index contributed by atoms with van der Waals surface area (Å²) in [6.07, 6.45) is 0.779. The second-order valence-electron chi connectivity index (χ2n) is 4.35. The molecule has 0 bridgehead atoms. The van der Waals surface area contributed by atoms with Crippen LogP contribution in [-0.4, -0.2) is 11.1 Å². The summed E-state index contributed by atoms with van der Waals surface area (Å²) in [7, 11) is 0. The van der Waals surface area contributed by atoms with E-state index in [1.165, 1.54) is 12.1 Å². The summed E-state index contributed by atoms with van der Waals surface area (Å²) >= 11 is 0. The largest absolute Gasteiger partial charge is 0.508 e. The van der Waals surface area contributed by atoms with E-state index in [4.69, 9.17) is 4.74 Å². The monoisotopic (exact) mass is 256 g/mol. The van der Waals surface area contributed by atoms with Crippen LogP contribution in [0.5, 0.6) is 11.5 Å². The molecule has 0 radical (unpaired) electrons. The van der Waals surface area contributed by atoms with Gasteiger partial charge in [0.25, 0.3) is 0 Å². The molecule has 0 aliphatic heterocycles. The lowest BCUT2D eigenvalue weighted by Crippen LogP contribution is -2.13. The van der Waals surface area contributed by atoms with Gasteiger partial charge in [-0.3, -0.25) is 0 Å². The molecule has 0 amide bonds. The van der Waals surface area contributed by atoms with Crippen LogP contribution in [0.15, 0.2) is 42.5 Å². The Kier molecular flexibility index (Phi) is 3.85. The van der Waals surface area contributed by atoms with Crippen LogP contribution in [0.1, 0.15) is 28.4 Å². The van der Waals surface area contributed by atoms with Gasteiger partial charge in [-0.05, 0) is 48.7 Å². The molecular weight excluding hydrogens is 240 g/mol. The number of ether oxygens (including phenoxy) is 1. The molecule has 3 nitrogen and oxygen atoms in total. The van der Waals surface area contributed by atoms with Gasteiger partial charge in [0.1, 0.15) is 11.5 Å². The van der Waals surface area contributed by atoms with Crippen molar-refractivity contribution in [1.82, 2.24) is 0 Å². The van der Waals surface area contributed by atoms with Crippen LogP contribution < -0.4 is 4.74 Å². The van der Waals surface area contributed by atoms with Crippen molar-refractivity contribution in [3.05, 3.63) is 59.2 Å². The molecule has 0 fully saturated rings. The zero-order valence-corrected chi connectivity index (χ0v) is 11.0. The van der Waals surface area contributed by atoms with Gasteiger partial charge in [-0.2, -0.15) is 0 Å². The van der Waals surface area contributed by atoms with Crippen molar-refractivity contribution in [3.63, 3.8) is 0 Å². The van der Waals surface area contributed by atoms with Crippen LogP contribution in [0.25, 0.3) is 0 Å². The molecule has 0 spiro atoms. The lowest BCUT2D eigenvalue weighted by molar-refractivity contribution is 0.0732. The maximum atomic E-state index is 12.2. The van der Waals surface area contributed by atoms with E-state index in [0.717, 1.165) is 17.5 Å². The molecule has 0 aliphatic carbocycles. The number of rotatable bonds is 3. The van der Waals surface area contributed by atoms with Crippen molar-refractivity contribution >= 4 is 5.97 Å². The normalized spacial score (nSPS) is 10.2. The average Bonchev–Trinajstić information content (AvgIpc) is 2.40. The summed E-state index contributed by atoms with van der Waals surface area (Å²) < 4.78 is 5.33. The SMILES string of the molecule is CCc1cccc(C)c1C(=O)Oc1ccc(O)cc1. The van der Waals surface area contributed by atoms with E-state index >= 15 is 0 Å². The summed E-state index contributed by atoms with van der Waals surface area (Å²) in [6, 6.07) is 11.9. The maximum absolute atomic E-state index is 12.2.